The Kier molecular flexibility index (Phi) is 7.08. The molecule has 1 N–H and O–H groups in total. The third kappa shape index (κ3) is 5.04. The fourth-order valence-corrected chi connectivity index (χ4v) is 3.35. The van der Waals surface area contributed by atoms with E-state index in [0.717, 1.165) is 25.9 Å². The highest BCUT2D eigenvalue weighted by Crippen LogP contribution is 2.15. The number of aryl methyl sites for hydroxylation is 1. The molecule has 1 atom stereocenters. The van der Waals surface area contributed by atoms with Crippen molar-refractivity contribution in [3.8, 4) is 5.69 Å². The minimum atomic E-state index is -0.702. The quantitative estimate of drug-likeness (QED) is 0.618. The number of carbonyl (C=O) groups is 1. The first-order valence-corrected chi connectivity index (χ1v) is 10.9. The van der Waals surface area contributed by atoms with Gasteiger partial charge in [-0.25, -0.2) is 4.79 Å². The second-order valence-corrected chi connectivity index (χ2v) is 8.45. The average Bonchev–Trinajstić information content (AvgIpc) is 2.76. The van der Waals surface area contributed by atoms with Crippen LogP contribution < -0.4 is 16.6 Å². The van der Waals surface area contributed by atoms with Gasteiger partial charge in [-0.3, -0.25) is 14.2 Å². The lowest BCUT2D eigenvalue weighted by Crippen LogP contribution is -2.47. The molecule has 0 unspecified atom stereocenters. The molecule has 3 aromatic rings. The molecule has 0 radical (unpaired) electrons. The maximum Gasteiger partial charge on any atom is 0.352 e. The molecule has 0 aliphatic carbocycles. The molecule has 168 valence electrons. The summed E-state index contributed by atoms with van der Waals surface area (Å²) < 4.78 is 2.20. The summed E-state index contributed by atoms with van der Waals surface area (Å²) in [6, 6.07) is 14.8. The van der Waals surface area contributed by atoms with Gasteiger partial charge in [0.15, 0.2) is 0 Å². The SMILES string of the molecule is CC[C@@H](C)NC(=O)c1nn(-c2ccc(C(C)C)cc2)c(=O)n(Cc2cccc(C)c2)c1=O. The number of benzene rings is 2. The van der Waals surface area contributed by atoms with E-state index in [4.69, 9.17) is 0 Å². The van der Waals surface area contributed by atoms with Crippen molar-refractivity contribution in [3.05, 3.63) is 91.8 Å². The fourth-order valence-electron chi connectivity index (χ4n) is 3.35. The van der Waals surface area contributed by atoms with Gasteiger partial charge in [-0.15, -0.1) is 0 Å². The second-order valence-electron chi connectivity index (χ2n) is 8.45. The zero-order valence-electron chi connectivity index (χ0n) is 19.3. The molecule has 1 amide bonds. The molecule has 32 heavy (non-hydrogen) atoms. The van der Waals surface area contributed by atoms with E-state index in [0.29, 0.717) is 18.0 Å². The molecule has 0 aliphatic heterocycles. The number of nitrogens with zero attached hydrogens (tertiary/aromatic N) is 3. The van der Waals surface area contributed by atoms with Gasteiger partial charge in [0, 0.05) is 6.04 Å². The normalized spacial score (nSPS) is 12.1. The largest absolute Gasteiger partial charge is 0.352 e. The summed E-state index contributed by atoms with van der Waals surface area (Å²) in [5, 5.41) is 6.96. The Labute approximate surface area is 187 Å². The molecule has 0 saturated carbocycles. The van der Waals surface area contributed by atoms with Crippen LogP contribution in [-0.2, 0) is 6.54 Å². The van der Waals surface area contributed by atoms with Crippen molar-refractivity contribution in [1.82, 2.24) is 19.7 Å². The van der Waals surface area contributed by atoms with Crippen LogP contribution in [-0.4, -0.2) is 26.3 Å². The Morgan fingerprint density at radius 2 is 1.75 bits per heavy atom. The maximum atomic E-state index is 13.3. The van der Waals surface area contributed by atoms with Crippen molar-refractivity contribution >= 4 is 5.91 Å². The zero-order valence-corrected chi connectivity index (χ0v) is 19.3. The topological polar surface area (TPSA) is 86.0 Å². The summed E-state index contributed by atoms with van der Waals surface area (Å²) in [6.45, 7) is 9.95. The molecule has 1 aromatic heterocycles. The number of nitrogens with one attached hydrogen (secondary N) is 1. The van der Waals surface area contributed by atoms with Crippen molar-refractivity contribution < 1.29 is 4.79 Å². The molecule has 7 nitrogen and oxygen atoms in total. The number of aromatic nitrogens is 3. The lowest BCUT2D eigenvalue weighted by atomic mass is 10.0. The Morgan fingerprint density at radius 1 is 1.06 bits per heavy atom. The number of hydrogen-bond donors (Lipinski definition) is 1. The van der Waals surface area contributed by atoms with E-state index in [2.05, 4.69) is 24.3 Å². The van der Waals surface area contributed by atoms with Gasteiger partial charge in [0.1, 0.15) is 0 Å². The lowest BCUT2D eigenvalue weighted by Gasteiger charge is -2.15. The zero-order chi connectivity index (χ0) is 23.4. The van der Waals surface area contributed by atoms with Crippen molar-refractivity contribution in [1.29, 1.82) is 0 Å². The Balaban J connectivity index is 2.17. The molecule has 1 heterocycles. The first kappa shape index (κ1) is 23.2. The van der Waals surface area contributed by atoms with Crippen molar-refractivity contribution in [2.75, 3.05) is 0 Å². The minimum absolute atomic E-state index is 0.0511. The van der Waals surface area contributed by atoms with Gasteiger partial charge in [-0.2, -0.15) is 9.78 Å². The highest BCUT2D eigenvalue weighted by atomic mass is 16.2. The van der Waals surface area contributed by atoms with Gasteiger partial charge in [0.05, 0.1) is 12.2 Å². The highest BCUT2D eigenvalue weighted by Gasteiger charge is 2.21. The van der Waals surface area contributed by atoms with E-state index in [1.165, 1.54) is 0 Å². The lowest BCUT2D eigenvalue weighted by molar-refractivity contribution is 0.0929. The molecule has 0 aliphatic rings. The molecule has 2 aromatic carbocycles. The van der Waals surface area contributed by atoms with Crippen LogP contribution >= 0.6 is 0 Å². The number of rotatable bonds is 7. The number of hydrogen-bond acceptors (Lipinski definition) is 4. The Bertz CT molecular complexity index is 1220. The summed E-state index contributed by atoms with van der Waals surface area (Å²) in [5.74, 6) is -0.254. The van der Waals surface area contributed by atoms with Crippen LogP contribution in [0.5, 0.6) is 0 Å². The predicted molar refractivity (Wildman–Crippen MR) is 126 cm³/mol. The van der Waals surface area contributed by atoms with Crippen LogP contribution in [0, 0.1) is 6.92 Å². The van der Waals surface area contributed by atoms with E-state index in [1.54, 1.807) is 12.1 Å². The van der Waals surface area contributed by atoms with Crippen LogP contribution in [0.2, 0.25) is 0 Å². The van der Waals surface area contributed by atoms with Crippen LogP contribution in [0.1, 0.15) is 67.2 Å². The van der Waals surface area contributed by atoms with Crippen LogP contribution in [0.3, 0.4) is 0 Å². The molecule has 0 fully saturated rings. The number of carbonyl (C=O) groups excluding carboxylic acids is 1. The summed E-state index contributed by atoms with van der Waals surface area (Å²) in [6.07, 6.45) is 0.708. The standard InChI is InChI=1S/C25H30N4O3/c1-6-18(5)26-23(30)22-24(31)28(15-19-9-7-8-17(4)14-19)25(32)29(27-22)21-12-10-20(11-13-21)16(2)3/h7-14,16,18H,6,15H2,1-5H3,(H,26,30)/t18-/m1/s1. The molecule has 0 spiro atoms. The Hall–Kier alpha value is -3.48. The smallest absolute Gasteiger partial charge is 0.348 e. The highest BCUT2D eigenvalue weighted by molar-refractivity contribution is 5.91. The summed E-state index contributed by atoms with van der Waals surface area (Å²) in [4.78, 5) is 39.3. The van der Waals surface area contributed by atoms with E-state index in [9.17, 15) is 14.4 Å². The number of amides is 1. The summed E-state index contributed by atoms with van der Waals surface area (Å²) >= 11 is 0. The molecule has 0 bridgehead atoms. The molecule has 7 heteroatoms. The first-order valence-electron chi connectivity index (χ1n) is 10.9. The van der Waals surface area contributed by atoms with Gasteiger partial charge in [-0.1, -0.05) is 62.7 Å². The van der Waals surface area contributed by atoms with E-state index in [-0.39, 0.29) is 18.3 Å². The first-order chi connectivity index (χ1) is 15.2. The van der Waals surface area contributed by atoms with Crippen LogP contribution in [0.25, 0.3) is 5.69 Å². The van der Waals surface area contributed by atoms with Gasteiger partial charge < -0.3 is 5.32 Å². The van der Waals surface area contributed by atoms with E-state index < -0.39 is 17.2 Å². The molecular formula is C25H30N4O3. The minimum Gasteiger partial charge on any atom is -0.348 e. The monoisotopic (exact) mass is 434 g/mol. The molecular weight excluding hydrogens is 404 g/mol. The van der Waals surface area contributed by atoms with Gasteiger partial charge in [-0.05, 0) is 49.4 Å². The Morgan fingerprint density at radius 3 is 2.34 bits per heavy atom. The van der Waals surface area contributed by atoms with Gasteiger partial charge in [0.2, 0.25) is 5.69 Å². The van der Waals surface area contributed by atoms with Gasteiger partial charge in [0.25, 0.3) is 11.5 Å². The third-order valence-corrected chi connectivity index (χ3v) is 5.49. The molecule has 3 rings (SSSR count). The van der Waals surface area contributed by atoms with E-state index >= 15 is 0 Å². The maximum absolute atomic E-state index is 13.3. The van der Waals surface area contributed by atoms with Gasteiger partial charge >= 0.3 is 5.69 Å². The van der Waals surface area contributed by atoms with Crippen LogP contribution in [0.15, 0.2) is 58.1 Å². The average molecular weight is 435 g/mol. The summed E-state index contributed by atoms with van der Waals surface area (Å²) in [5.41, 5.74) is 1.83. The van der Waals surface area contributed by atoms with E-state index in [1.807, 2.05) is 57.2 Å². The predicted octanol–water partition coefficient (Wildman–Crippen LogP) is 3.40. The summed E-state index contributed by atoms with van der Waals surface area (Å²) in [7, 11) is 0. The van der Waals surface area contributed by atoms with Crippen LogP contribution in [0.4, 0.5) is 0 Å². The van der Waals surface area contributed by atoms with Crippen molar-refractivity contribution in [3.63, 3.8) is 0 Å². The second kappa shape index (κ2) is 9.77. The van der Waals surface area contributed by atoms with Crippen molar-refractivity contribution in [2.24, 2.45) is 0 Å². The van der Waals surface area contributed by atoms with Crippen molar-refractivity contribution in [2.45, 2.75) is 59.5 Å². The molecule has 0 saturated heterocycles. The fraction of sp³-hybridized carbons (Fsp3) is 0.360. The third-order valence-electron chi connectivity index (χ3n) is 5.49.